The Balaban J connectivity index is 0.000000192. The van der Waals surface area contributed by atoms with Crippen LogP contribution in [0.1, 0.15) is 17.0 Å². The van der Waals surface area contributed by atoms with Crippen molar-refractivity contribution in [2.24, 2.45) is 0 Å². The summed E-state index contributed by atoms with van der Waals surface area (Å²) in [5.41, 5.74) is 9.53. The van der Waals surface area contributed by atoms with E-state index in [9.17, 15) is 9.59 Å². The Bertz CT molecular complexity index is 2360. The Hall–Kier alpha value is -7.28. The minimum absolute atomic E-state index is 0.177. The SMILES string of the molecule is COc1ccc(CNc2cc(C)nc(NC(=O)Nc3ccc4ccccc4c3)n2)cc1.Cc1cc(N)nc(NC(=O)Nc2ccc3ccccc3c2)n1. The fraction of sp³-hybridized carbons (Fsp3) is 0.100. The van der Waals surface area contributed by atoms with Crippen molar-refractivity contribution in [2.45, 2.75) is 20.4 Å². The predicted molar refractivity (Wildman–Crippen MR) is 211 cm³/mol. The quantitative estimate of drug-likeness (QED) is 0.0905. The van der Waals surface area contributed by atoms with Crippen molar-refractivity contribution in [1.82, 2.24) is 19.9 Å². The highest BCUT2D eigenvalue weighted by Crippen LogP contribution is 2.21. The predicted octanol–water partition coefficient (Wildman–Crippen LogP) is 8.37. The van der Waals surface area contributed by atoms with Crippen molar-refractivity contribution < 1.29 is 14.3 Å². The van der Waals surface area contributed by atoms with Gasteiger partial charge in [0.2, 0.25) is 11.9 Å². The number of benzene rings is 5. The molecule has 13 heteroatoms. The van der Waals surface area contributed by atoms with E-state index in [1.54, 1.807) is 20.1 Å². The molecule has 53 heavy (non-hydrogen) atoms. The Morgan fingerprint density at radius 1 is 0.585 bits per heavy atom. The summed E-state index contributed by atoms with van der Waals surface area (Å²) in [7, 11) is 1.64. The van der Waals surface area contributed by atoms with Gasteiger partial charge in [0.25, 0.3) is 0 Å². The lowest BCUT2D eigenvalue weighted by Gasteiger charge is -2.11. The van der Waals surface area contributed by atoms with Crippen LogP contribution in [0.15, 0.2) is 121 Å². The standard InChI is InChI=1S/C24H23N5O2.C16H15N5O/c1-16-13-22(25-15-17-7-11-21(31-2)12-8-17)28-23(26-16)29-24(30)27-20-10-9-18-5-3-4-6-19(18)14-20;1-10-8-14(17)20-15(18-10)21-16(22)19-13-7-6-11-4-2-3-5-12(11)9-13/h3-14H,15H2,1-2H3,(H3,25,26,27,28,29,30);2-9H,1H3,(H4,17,18,19,20,21,22). The van der Waals surface area contributed by atoms with E-state index in [-0.39, 0.29) is 11.9 Å². The van der Waals surface area contributed by atoms with Gasteiger partial charge in [-0.3, -0.25) is 10.6 Å². The molecular weight excluding hydrogens is 669 g/mol. The van der Waals surface area contributed by atoms with Crippen molar-refractivity contribution in [2.75, 3.05) is 39.4 Å². The van der Waals surface area contributed by atoms with E-state index in [0.717, 1.165) is 38.6 Å². The third-order valence-corrected chi connectivity index (χ3v) is 7.83. The van der Waals surface area contributed by atoms with Crippen molar-refractivity contribution in [3.63, 3.8) is 0 Å². The number of urea groups is 2. The van der Waals surface area contributed by atoms with Crippen LogP contribution in [0.4, 0.5) is 44.5 Å². The first kappa shape index (κ1) is 35.5. The molecule has 266 valence electrons. The van der Waals surface area contributed by atoms with Gasteiger partial charge in [-0.15, -0.1) is 0 Å². The van der Waals surface area contributed by atoms with Crippen LogP contribution in [0.5, 0.6) is 5.75 Å². The molecule has 2 aromatic heterocycles. The molecule has 5 aromatic carbocycles. The summed E-state index contributed by atoms with van der Waals surface area (Å²) in [6.07, 6.45) is 0. The van der Waals surface area contributed by atoms with Crippen LogP contribution < -0.4 is 37.1 Å². The van der Waals surface area contributed by atoms with Crippen molar-refractivity contribution in [3.05, 3.63) is 138 Å². The third kappa shape index (κ3) is 10.1. The topological polar surface area (TPSA) is 181 Å². The van der Waals surface area contributed by atoms with E-state index in [1.165, 1.54) is 0 Å². The second-order valence-electron chi connectivity index (χ2n) is 12.0. The van der Waals surface area contributed by atoms with Crippen LogP contribution in [-0.4, -0.2) is 39.1 Å². The minimum atomic E-state index is -0.416. The zero-order chi connectivity index (χ0) is 37.2. The third-order valence-electron chi connectivity index (χ3n) is 7.83. The molecule has 0 spiro atoms. The zero-order valence-electron chi connectivity index (χ0n) is 29.3. The second-order valence-corrected chi connectivity index (χ2v) is 12.0. The number of hydrogen-bond acceptors (Lipinski definition) is 9. The molecule has 0 saturated carbocycles. The van der Waals surface area contributed by atoms with Crippen LogP contribution in [0.2, 0.25) is 0 Å². The summed E-state index contributed by atoms with van der Waals surface area (Å²) in [6, 6.07) is 37.8. The smallest absolute Gasteiger partial charge is 0.326 e. The van der Waals surface area contributed by atoms with Crippen LogP contribution in [-0.2, 0) is 6.54 Å². The lowest BCUT2D eigenvalue weighted by Crippen LogP contribution is -2.21. The number of hydrogen-bond donors (Lipinski definition) is 6. The van der Waals surface area contributed by atoms with Gasteiger partial charge in [0.15, 0.2) is 0 Å². The van der Waals surface area contributed by atoms with Crippen LogP contribution >= 0.6 is 0 Å². The van der Waals surface area contributed by atoms with E-state index >= 15 is 0 Å². The van der Waals surface area contributed by atoms with Crippen molar-refractivity contribution in [1.29, 1.82) is 0 Å². The number of aryl methyl sites for hydroxylation is 2. The number of nitrogens with two attached hydrogens (primary N) is 1. The number of nitrogen functional groups attached to an aromatic ring is 1. The van der Waals surface area contributed by atoms with Crippen molar-refractivity contribution in [3.8, 4) is 5.75 Å². The number of aromatic nitrogens is 4. The van der Waals surface area contributed by atoms with E-state index in [0.29, 0.717) is 35.2 Å². The highest BCUT2D eigenvalue weighted by atomic mass is 16.5. The Morgan fingerprint density at radius 3 is 1.62 bits per heavy atom. The number of carbonyl (C=O) groups is 2. The number of methoxy groups -OCH3 is 1. The number of nitrogens with one attached hydrogen (secondary N) is 5. The molecule has 0 radical (unpaired) electrons. The molecule has 0 saturated heterocycles. The molecule has 7 rings (SSSR count). The first-order chi connectivity index (χ1) is 25.7. The minimum Gasteiger partial charge on any atom is -0.497 e. The van der Waals surface area contributed by atoms with E-state index in [4.69, 9.17) is 10.5 Å². The zero-order valence-corrected chi connectivity index (χ0v) is 29.3. The molecule has 0 aliphatic heterocycles. The number of rotatable bonds is 8. The van der Waals surface area contributed by atoms with Gasteiger partial charge in [0, 0.05) is 41.4 Å². The number of fused-ring (bicyclic) bond motifs is 2. The average molecular weight is 707 g/mol. The largest absolute Gasteiger partial charge is 0.497 e. The van der Waals surface area contributed by atoms with Gasteiger partial charge in [-0.2, -0.15) is 9.97 Å². The van der Waals surface area contributed by atoms with Gasteiger partial charge in [-0.05, 0) is 77.4 Å². The highest BCUT2D eigenvalue weighted by Gasteiger charge is 2.09. The molecule has 0 unspecified atom stereocenters. The fourth-order valence-electron chi connectivity index (χ4n) is 5.36. The first-order valence-electron chi connectivity index (χ1n) is 16.7. The van der Waals surface area contributed by atoms with Gasteiger partial charge < -0.3 is 26.4 Å². The normalized spacial score (nSPS) is 10.5. The lowest BCUT2D eigenvalue weighted by molar-refractivity contribution is 0.261. The van der Waals surface area contributed by atoms with E-state index < -0.39 is 12.1 Å². The van der Waals surface area contributed by atoms with E-state index in [1.807, 2.05) is 122 Å². The summed E-state index contributed by atoms with van der Waals surface area (Å²) >= 11 is 0. The molecule has 0 aliphatic rings. The van der Waals surface area contributed by atoms with Gasteiger partial charge in [-0.1, -0.05) is 72.8 Å². The molecule has 0 aliphatic carbocycles. The number of nitrogens with zero attached hydrogens (tertiary/aromatic N) is 4. The Kier molecular flexibility index (Phi) is 11.1. The molecule has 13 nitrogen and oxygen atoms in total. The Labute approximate surface area is 306 Å². The van der Waals surface area contributed by atoms with Crippen LogP contribution in [0, 0.1) is 13.8 Å². The van der Waals surface area contributed by atoms with Gasteiger partial charge in [0.05, 0.1) is 7.11 Å². The van der Waals surface area contributed by atoms with E-state index in [2.05, 4.69) is 46.5 Å². The number of carbonyl (C=O) groups excluding carboxylic acids is 2. The maximum Gasteiger partial charge on any atom is 0.326 e. The monoisotopic (exact) mass is 706 g/mol. The van der Waals surface area contributed by atoms with Gasteiger partial charge >= 0.3 is 12.1 Å². The first-order valence-corrected chi connectivity index (χ1v) is 16.7. The second kappa shape index (κ2) is 16.6. The highest BCUT2D eigenvalue weighted by molar-refractivity contribution is 6.01. The Morgan fingerprint density at radius 2 is 1.09 bits per heavy atom. The molecule has 0 atom stereocenters. The van der Waals surface area contributed by atoms with Gasteiger partial charge in [-0.25, -0.2) is 19.6 Å². The molecule has 7 aromatic rings. The number of amides is 4. The maximum atomic E-state index is 12.4. The van der Waals surface area contributed by atoms with Crippen LogP contribution in [0.25, 0.3) is 21.5 Å². The van der Waals surface area contributed by atoms with Crippen LogP contribution in [0.3, 0.4) is 0 Å². The summed E-state index contributed by atoms with van der Waals surface area (Å²) in [6.45, 7) is 4.22. The molecule has 0 bridgehead atoms. The molecule has 4 amide bonds. The molecule has 2 heterocycles. The number of anilines is 6. The summed E-state index contributed by atoms with van der Waals surface area (Å²) < 4.78 is 5.18. The maximum absolute atomic E-state index is 12.4. The van der Waals surface area contributed by atoms with Gasteiger partial charge in [0.1, 0.15) is 17.4 Å². The molecular formula is C40H38N10O3. The summed E-state index contributed by atoms with van der Waals surface area (Å²) in [5, 5.41) is 18.4. The van der Waals surface area contributed by atoms with Crippen molar-refractivity contribution >= 4 is 68.5 Å². The number of ether oxygens (including phenoxy) is 1. The fourth-order valence-corrected chi connectivity index (χ4v) is 5.36. The lowest BCUT2D eigenvalue weighted by atomic mass is 10.1. The average Bonchev–Trinajstić information content (AvgIpc) is 3.13. The summed E-state index contributed by atoms with van der Waals surface area (Å²) in [4.78, 5) is 41.2. The molecule has 0 fully saturated rings. The summed E-state index contributed by atoms with van der Waals surface area (Å²) in [5.74, 6) is 2.16. The molecule has 7 N–H and O–H groups in total.